The molecule has 1 fully saturated rings. The molecule has 1 aliphatic rings. The van der Waals surface area contributed by atoms with Gasteiger partial charge in [0.05, 0.1) is 21.4 Å². The Labute approximate surface area is 163 Å². The number of carbonyl (C=O) groups excluding carboxylic acids is 1. The van der Waals surface area contributed by atoms with Gasteiger partial charge in [-0.2, -0.15) is 4.31 Å². The van der Waals surface area contributed by atoms with Gasteiger partial charge in [0.15, 0.2) is 0 Å². The molecule has 28 heavy (non-hydrogen) atoms. The van der Waals surface area contributed by atoms with Gasteiger partial charge < -0.3 is 5.32 Å². The molecule has 2 aromatic rings. The lowest BCUT2D eigenvalue weighted by Crippen LogP contribution is -2.43. The maximum atomic E-state index is 12.8. The molecule has 0 radical (unpaired) electrons. The molecule has 1 atom stereocenters. The highest BCUT2D eigenvalue weighted by Gasteiger charge is 2.33. The van der Waals surface area contributed by atoms with Gasteiger partial charge in [0, 0.05) is 25.2 Å². The molecule has 1 N–H and O–H groups in total. The highest BCUT2D eigenvalue weighted by molar-refractivity contribution is 7.89. The van der Waals surface area contributed by atoms with Crippen LogP contribution in [-0.2, 0) is 14.8 Å². The first-order valence-corrected chi connectivity index (χ1v) is 10.3. The van der Waals surface area contributed by atoms with Crippen LogP contribution in [0.4, 0.5) is 11.4 Å². The van der Waals surface area contributed by atoms with Crippen LogP contribution < -0.4 is 5.32 Å². The van der Waals surface area contributed by atoms with E-state index in [0.29, 0.717) is 30.6 Å². The van der Waals surface area contributed by atoms with Crippen molar-refractivity contribution in [3.05, 3.63) is 64.2 Å². The molecule has 0 saturated carbocycles. The van der Waals surface area contributed by atoms with Crippen LogP contribution in [0.2, 0.25) is 0 Å². The molecule has 1 saturated heterocycles. The normalized spacial score (nSPS) is 17.8. The van der Waals surface area contributed by atoms with Gasteiger partial charge in [0.25, 0.3) is 5.69 Å². The number of benzene rings is 2. The Bertz CT molecular complexity index is 992. The van der Waals surface area contributed by atoms with Gasteiger partial charge in [-0.05, 0) is 37.5 Å². The third-order valence-electron chi connectivity index (χ3n) is 4.83. The Morgan fingerprint density at radius 3 is 2.61 bits per heavy atom. The second kappa shape index (κ2) is 8.07. The molecule has 1 amide bonds. The fourth-order valence-electron chi connectivity index (χ4n) is 3.21. The summed E-state index contributed by atoms with van der Waals surface area (Å²) in [7, 11) is -3.66. The first kappa shape index (κ1) is 20.0. The van der Waals surface area contributed by atoms with Crippen molar-refractivity contribution < 1.29 is 18.1 Å². The zero-order valence-corrected chi connectivity index (χ0v) is 16.2. The molecule has 0 aliphatic carbocycles. The van der Waals surface area contributed by atoms with Gasteiger partial charge in [0.1, 0.15) is 0 Å². The number of nitrogens with one attached hydrogen (secondary N) is 1. The van der Waals surface area contributed by atoms with E-state index < -0.39 is 20.9 Å². The Morgan fingerprint density at radius 2 is 1.93 bits per heavy atom. The number of piperidine rings is 1. The maximum Gasteiger partial charge on any atom is 0.271 e. The minimum absolute atomic E-state index is 0.0804. The van der Waals surface area contributed by atoms with Gasteiger partial charge >= 0.3 is 0 Å². The molecule has 1 aliphatic heterocycles. The number of anilines is 1. The number of amides is 1. The van der Waals surface area contributed by atoms with E-state index in [9.17, 15) is 23.3 Å². The summed E-state index contributed by atoms with van der Waals surface area (Å²) in [5.41, 5.74) is 0.948. The fourth-order valence-corrected chi connectivity index (χ4v) is 4.75. The molecule has 0 bridgehead atoms. The van der Waals surface area contributed by atoms with Gasteiger partial charge in [0.2, 0.25) is 15.9 Å². The second-order valence-corrected chi connectivity index (χ2v) is 8.70. The summed E-state index contributed by atoms with van der Waals surface area (Å²) >= 11 is 0. The minimum atomic E-state index is -3.66. The average Bonchev–Trinajstić information content (AvgIpc) is 2.70. The predicted molar refractivity (Wildman–Crippen MR) is 104 cm³/mol. The van der Waals surface area contributed by atoms with Crippen LogP contribution in [-0.4, -0.2) is 36.6 Å². The van der Waals surface area contributed by atoms with E-state index in [1.807, 2.05) is 0 Å². The van der Waals surface area contributed by atoms with Crippen molar-refractivity contribution in [3.63, 3.8) is 0 Å². The Hall–Kier alpha value is -2.78. The highest BCUT2D eigenvalue weighted by Crippen LogP contribution is 2.26. The van der Waals surface area contributed by atoms with E-state index in [1.54, 1.807) is 31.2 Å². The average molecular weight is 403 g/mol. The Kier molecular flexibility index (Phi) is 5.76. The van der Waals surface area contributed by atoms with Crippen molar-refractivity contribution in [2.24, 2.45) is 5.92 Å². The van der Waals surface area contributed by atoms with Crippen LogP contribution in [0.15, 0.2) is 53.4 Å². The summed E-state index contributed by atoms with van der Waals surface area (Å²) in [6, 6.07) is 12.4. The lowest BCUT2D eigenvalue weighted by atomic mass is 9.98. The number of nitrogens with zero attached hydrogens (tertiary/aromatic N) is 2. The number of rotatable bonds is 5. The first-order chi connectivity index (χ1) is 13.3. The fraction of sp³-hybridized carbons (Fsp3) is 0.316. The molecular weight excluding hydrogens is 382 g/mol. The number of sulfonamides is 1. The molecule has 8 nitrogen and oxygen atoms in total. The summed E-state index contributed by atoms with van der Waals surface area (Å²) in [5, 5.41) is 13.7. The monoisotopic (exact) mass is 403 g/mol. The summed E-state index contributed by atoms with van der Waals surface area (Å²) in [5.74, 6) is -0.859. The van der Waals surface area contributed by atoms with E-state index in [4.69, 9.17) is 0 Å². The SMILES string of the molecule is Cc1ccc([N+](=O)[O-])cc1NC(=O)[C@@H]1CCCN(S(=O)(=O)c2ccccc2)C1. The number of carbonyl (C=O) groups is 1. The van der Waals surface area contributed by atoms with Crippen molar-refractivity contribution in [1.29, 1.82) is 0 Å². The van der Waals surface area contributed by atoms with E-state index in [1.165, 1.54) is 28.6 Å². The van der Waals surface area contributed by atoms with Crippen LogP contribution in [0.25, 0.3) is 0 Å². The highest BCUT2D eigenvalue weighted by atomic mass is 32.2. The van der Waals surface area contributed by atoms with Gasteiger partial charge in [-0.25, -0.2) is 8.42 Å². The summed E-state index contributed by atoms with van der Waals surface area (Å²) in [4.78, 5) is 23.3. The molecule has 0 aromatic heterocycles. The second-order valence-electron chi connectivity index (χ2n) is 6.76. The molecule has 9 heteroatoms. The van der Waals surface area contributed by atoms with Gasteiger partial charge in [-0.15, -0.1) is 0 Å². The third kappa shape index (κ3) is 4.20. The lowest BCUT2D eigenvalue weighted by Gasteiger charge is -2.31. The zero-order chi connectivity index (χ0) is 20.3. The molecule has 2 aromatic carbocycles. The summed E-state index contributed by atoms with van der Waals surface area (Å²) < 4.78 is 26.9. The van der Waals surface area contributed by atoms with Crippen LogP contribution in [0.1, 0.15) is 18.4 Å². The molecule has 1 heterocycles. The number of hydrogen-bond acceptors (Lipinski definition) is 5. The maximum absolute atomic E-state index is 12.8. The van der Waals surface area contributed by atoms with Gasteiger partial charge in [-0.3, -0.25) is 14.9 Å². The lowest BCUT2D eigenvalue weighted by molar-refractivity contribution is -0.384. The zero-order valence-electron chi connectivity index (χ0n) is 15.4. The number of nitro groups is 1. The topological polar surface area (TPSA) is 110 Å². The van der Waals surface area contributed by atoms with Crippen LogP contribution >= 0.6 is 0 Å². The van der Waals surface area contributed by atoms with Crippen molar-refractivity contribution in [2.45, 2.75) is 24.7 Å². The molecule has 3 rings (SSSR count). The van der Waals surface area contributed by atoms with Crippen molar-refractivity contribution in [2.75, 3.05) is 18.4 Å². The van der Waals surface area contributed by atoms with Crippen molar-refractivity contribution >= 4 is 27.3 Å². The third-order valence-corrected chi connectivity index (χ3v) is 6.71. The number of nitro benzene ring substituents is 1. The smallest absolute Gasteiger partial charge is 0.271 e. The van der Waals surface area contributed by atoms with E-state index in [2.05, 4.69) is 5.32 Å². The van der Waals surface area contributed by atoms with Crippen molar-refractivity contribution in [3.8, 4) is 0 Å². The van der Waals surface area contributed by atoms with Crippen LogP contribution in [0.5, 0.6) is 0 Å². The van der Waals surface area contributed by atoms with E-state index in [0.717, 1.165) is 0 Å². The summed E-state index contributed by atoms with van der Waals surface area (Å²) in [6.45, 7) is 2.18. The Balaban J connectivity index is 1.75. The molecule has 148 valence electrons. The molecule has 0 spiro atoms. The molecule has 0 unspecified atom stereocenters. The van der Waals surface area contributed by atoms with Crippen LogP contribution in [0, 0.1) is 23.0 Å². The molecular formula is C19H21N3O5S. The number of non-ortho nitro benzene ring substituents is 1. The standard InChI is InChI=1S/C19H21N3O5S/c1-14-9-10-16(22(24)25)12-18(14)20-19(23)15-6-5-11-21(13-15)28(26,27)17-7-3-2-4-8-17/h2-4,7-10,12,15H,5-6,11,13H2,1H3,(H,20,23)/t15-/m1/s1. The Morgan fingerprint density at radius 1 is 1.21 bits per heavy atom. The van der Waals surface area contributed by atoms with E-state index in [-0.39, 0.29) is 23.0 Å². The first-order valence-electron chi connectivity index (χ1n) is 8.90. The summed E-state index contributed by atoms with van der Waals surface area (Å²) in [6.07, 6.45) is 1.12. The minimum Gasteiger partial charge on any atom is -0.325 e. The predicted octanol–water partition coefficient (Wildman–Crippen LogP) is 2.94. The number of hydrogen-bond donors (Lipinski definition) is 1. The quantitative estimate of drug-likeness (QED) is 0.610. The van der Waals surface area contributed by atoms with Crippen molar-refractivity contribution in [1.82, 2.24) is 4.31 Å². The van der Waals surface area contributed by atoms with Crippen LogP contribution in [0.3, 0.4) is 0 Å². The van der Waals surface area contributed by atoms with E-state index >= 15 is 0 Å². The largest absolute Gasteiger partial charge is 0.325 e. The number of aryl methyl sites for hydroxylation is 1. The van der Waals surface area contributed by atoms with Gasteiger partial charge in [-0.1, -0.05) is 24.3 Å².